The fourth-order valence-electron chi connectivity index (χ4n) is 2.42. The molecule has 1 atom stereocenters. The second-order valence-corrected chi connectivity index (χ2v) is 6.13. The highest BCUT2D eigenvalue weighted by Gasteiger charge is 2.14. The third kappa shape index (κ3) is 3.24. The molecular formula is C16H15N3O3S. The van der Waals surface area contributed by atoms with E-state index in [2.05, 4.69) is 10.3 Å². The Morgan fingerprint density at radius 3 is 2.87 bits per heavy atom. The Morgan fingerprint density at radius 1 is 1.30 bits per heavy atom. The summed E-state index contributed by atoms with van der Waals surface area (Å²) in [4.78, 5) is 36.9. The topological polar surface area (TPSA) is 84.0 Å². The van der Waals surface area contributed by atoms with Crippen LogP contribution < -0.4 is 16.6 Å². The zero-order chi connectivity index (χ0) is 16.4. The van der Waals surface area contributed by atoms with Gasteiger partial charge in [-0.15, -0.1) is 11.3 Å². The summed E-state index contributed by atoms with van der Waals surface area (Å²) in [7, 11) is 0. The van der Waals surface area contributed by atoms with Crippen molar-refractivity contribution in [3.05, 3.63) is 68.3 Å². The number of benzene rings is 1. The van der Waals surface area contributed by atoms with Crippen molar-refractivity contribution in [3.63, 3.8) is 0 Å². The van der Waals surface area contributed by atoms with Gasteiger partial charge in [-0.3, -0.25) is 19.1 Å². The normalized spacial score (nSPS) is 12.2. The molecule has 0 unspecified atom stereocenters. The van der Waals surface area contributed by atoms with E-state index in [1.54, 1.807) is 11.3 Å². The molecule has 0 aliphatic carbocycles. The lowest BCUT2D eigenvalue weighted by Gasteiger charge is -2.14. The first kappa shape index (κ1) is 15.2. The molecule has 1 aromatic carbocycles. The summed E-state index contributed by atoms with van der Waals surface area (Å²) in [6.45, 7) is 1.77. The van der Waals surface area contributed by atoms with Gasteiger partial charge in [-0.05, 0) is 29.3 Å². The number of nitrogens with zero attached hydrogens (tertiary/aromatic N) is 1. The molecule has 118 valence electrons. The van der Waals surface area contributed by atoms with Gasteiger partial charge in [-0.25, -0.2) is 4.79 Å². The molecule has 0 aliphatic heterocycles. The van der Waals surface area contributed by atoms with Crippen LogP contribution in [0.2, 0.25) is 0 Å². The van der Waals surface area contributed by atoms with Gasteiger partial charge in [-0.1, -0.05) is 18.2 Å². The SMILES string of the molecule is C[C@@H](NC(=O)Cn1ccc(=O)[nH]c1=O)c1csc2ccccc12. The number of rotatable bonds is 4. The van der Waals surface area contributed by atoms with Crippen molar-refractivity contribution in [2.24, 2.45) is 0 Å². The van der Waals surface area contributed by atoms with Crippen LogP contribution in [-0.4, -0.2) is 15.5 Å². The monoisotopic (exact) mass is 329 g/mol. The number of carbonyl (C=O) groups excluding carboxylic acids is 1. The molecule has 0 saturated carbocycles. The van der Waals surface area contributed by atoms with Crippen LogP contribution in [0.4, 0.5) is 0 Å². The van der Waals surface area contributed by atoms with Crippen LogP contribution in [0.25, 0.3) is 10.1 Å². The number of H-pyrrole nitrogens is 1. The number of aromatic nitrogens is 2. The van der Waals surface area contributed by atoms with Crippen LogP contribution >= 0.6 is 11.3 Å². The second-order valence-electron chi connectivity index (χ2n) is 5.21. The van der Waals surface area contributed by atoms with Crippen LogP contribution in [0.5, 0.6) is 0 Å². The van der Waals surface area contributed by atoms with E-state index < -0.39 is 11.2 Å². The molecule has 6 nitrogen and oxygen atoms in total. The van der Waals surface area contributed by atoms with E-state index >= 15 is 0 Å². The van der Waals surface area contributed by atoms with Crippen molar-refractivity contribution in [1.29, 1.82) is 0 Å². The van der Waals surface area contributed by atoms with Gasteiger partial charge in [0.1, 0.15) is 6.54 Å². The molecule has 7 heteroatoms. The minimum atomic E-state index is -0.596. The molecule has 2 aromatic heterocycles. The minimum Gasteiger partial charge on any atom is -0.348 e. The van der Waals surface area contributed by atoms with E-state index in [1.165, 1.54) is 17.0 Å². The van der Waals surface area contributed by atoms with Crippen molar-refractivity contribution >= 4 is 27.3 Å². The lowest BCUT2D eigenvalue weighted by atomic mass is 10.1. The van der Waals surface area contributed by atoms with E-state index in [1.807, 2.05) is 36.6 Å². The average Bonchev–Trinajstić information content (AvgIpc) is 2.94. The van der Waals surface area contributed by atoms with Gasteiger partial charge in [0.2, 0.25) is 5.91 Å². The Morgan fingerprint density at radius 2 is 2.09 bits per heavy atom. The number of carbonyl (C=O) groups is 1. The first-order valence-electron chi connectivity index (χ1n) is 7.10. The first-order chi connectivity index (χ1) is 11.0. The highest BCUT2D eigenvalue weighted by molar-refractivity contribution is 7.17. The summed E-state index contributed by atoms with van der Waals surface area (Å²) in [5.74, 6) is -0.290. The first-order valence-corrected chi connectivity index (χ1v) is 7.98. The minimum absolute atomic E-state index is 0.137. The molecule has 0 aliphatic rings. The zero-order valence-electron chi connectivity index (χ0n) is 12.4. The number of aromatic amines is 1. The van der Waals surface area contributed by atoms with Crippen molar-refractivity contribution in [2.75, 3.05) is 0 Å². The smallest absolute Gasteiger partial charge is 0.328 e. The highest BCUT2D eigenvalue weighted by atomic mass is 32.1. The fourth-order valence-corrected chi connectivity index (χ4v) is 3.48. The molecular weight excluding hydrogens is 314 g/mol. The molecule has 2 N–H and O–H groups in total. The molecule has 3 aromatic rings. The Bertz CT molecular complexity index is 970. The van der Waals surface area contributed by atoms with Gasteiger partial charge in [0, 0.05) is 17.0 Å². The van der Waals surface area contributed by atoms with Gasteiger partial charge in [0.05, 0.1) is 6.04 Å². The number of fused-ring (bicyclic) bond motifs is 1. The molecule has 2 heterocycles. The average molecular weight is 329 g/mol. The summed E-state index contributed by atoms with van der Waals surface area (Å²) in [6, 6.07) is 9.05. The summed E-state index contributed by atoms with van der Waals surface area (Å²) in [6.07, 6.45) is 1.31. The zero-order valence-corrected chi connectivity index (χ0v) is 13.2. The summed E-state index contributed by atoms with van der Waals surface area (Å²) < 4.78 is 2.33. The summed E-state index contributed by atoms with van der Waals surface area (Å²) in [5.41, 5.74) is -0.0289. The Labute approximate surface area is 135 Å². The van der Waals surface area contributed by atoms with Crippen molar-refractivity contribution < 1.29 is 4.79 Å². The largest absolute Gasteiger partial charge is 0.348 e. The maximum atomic E-state index is 12.1. The molecule has 0 spiro atoms. The highest BCUT2D eigenvalue weighted by Crippen LogP contribution is 2.29. The maximum absolute atomic E-state index is 12.1. The molecule has 0 saturated heterocycles. The summed E-state index contributed by atoms with van der Waals surface area (Å²) >= 11 is 1.63. The number of hydrogen-bond acceptors (Lipinski definition) is 4. The number of amides is 1. The molecule has 0 radical (unpaired) electrons. The van der Waals surface area contributed by atoms with Crippen molar-refractivity contribution in [3.8, 4) is 0 Å². The number of nitrogens with one attached hydrogen (secondary N) is 2. The Hall–Kier alpha value is -2.67. The standard InChI is InChI=1S/C16H15N3O3S/c1-10(12-9-23-13-5-3-2-4-11(12)13)17-15(21)8-19-7-6-14(20)18-16(19)22/h2-7,9-10H,8H2,1H3,(H,17,21)(H,18,20,22)/t10-/m1/s1. The Kier molecular flexibility index (Phi) is 4.12. The third-order valence-electron chi connectivity index (χ3n) is 3.57. The van der Waals surface area contributed by atoms with Crippen LogP contribution in [0.1, 0.15) is 18.5 Å². The predicted molar refractivity (Wildman–Crippen MR) is 89.7 cm³/mol. The van der Waals surface area contributed by atoms with Crippen LogP contribution in [-0.2, 0) is 11.3 Å². The van der Waals surface area contributed by atoms with E-state index in [-0.39, 0.29) is 18.5 Å². The van der Waals surface area contributed by atoms with E-state index in [4.69, 9.17) is 0 Å². The van der Waals surface area contributed by atoms with E-state index in [0.717, 1.165) is 15.5 Å². The maximum Gasteiger partial charge on any atom is 0.328 e. The molecule has 0 fully saturated rings. The third-order valence-corrected chi connectivity index (χ3v) is 4.55. The van der Waals surface area contributed by atoms with Gasteiger partial charge in [0.15, 0.2) is 0 Å². The van der Waals surface area contributed by atoms with Crippen LogP contribution in [0.3, 0.4) is 0 Å². The van der Waals surface area contributed by atoms with Crippen LogP contribution in [0.15, 0.2) is 51.5 Å². The van der Waals surface area contributed by atoms with Crippen LogP contribution in [0, 0.1) is 0 Å². The van der Waals surface area contributed by atoms with E-state index in [0.29, 0.717) is 0 Å². The molecule has 23 heavy (non-hydrogen) atoms. The Balaban J connectivity index is 1.74. The predicted octanol–water partition coefficient (Wildman–Crippen LogP) is 1.63. The van der Waals surface area contributed by atoms with E-state index in [9.17, 15) is 14.4 Å². The van der Waals surface area contributed by atoms with Crippen molar-refractivity contribution in [2.45, 2.75) is 19.5 Å². The molecule has 0 bridgehead atoms. The van der Waals surface area contributed by atoms with Gasteiger partial charge >= 0.3 is 5.69 Å². The van der Waals surface area contributed by atoms with Crippen molar-refractivity contribution in [1.82, 2.24) is 14.9 Å². The van der Waals surface area contributed by atoms with Gasteiger partial charge in [0.25, 0.3) is 5.56 Å². The molecule has 3 rings (SSSR count). The lowest BCUT2D eigenvalue weighted by Crippen LogP contribution is -2.36. The number of hydrogen-bond donors (Lipinski definition) is 2. The lowest BCUT2D eigenvalue weighted by molar-refractivity contribution is -0.122. The van der Waals surface area contributed by atoms with Gasteiger partial charge < -0.3 is 5.32 Å². The fraction of sp³-hybridized carbons (Fsp3) is 0.188. The second kappa shape index (κ2) is 6.21. The summed E-state index contributed by atoms with van der Waals surface area (Å²) in [5, 5.41) is 6.03. The molecule has 1 amide bonds. The quantitative estimate of drug-likeness (QED) is 0.763. The number of thiophene rings is 1. The van der Waals surface area contributed by atoms with Gasteiger partial charge in [-0.2, -0.15) is 0 Å².